The van der Waals surface area contributed by atoms with Gasteiger partial charge in [-0.15, -0.1) is 0 Å². The molecule has 16 N–H and O–H groups in total. The molecular formula is C48H73N13O14S2. The Kier molecular flexibility index (Phi) is 26.7. The number of primary amides is 1. The highest BCUT2D eigenvalue weighted by atomic mass is 32.1. The molecule has 29 heteroatoms. The van der Waals surface area contributed by atoms with Crippen LogP contribution in [0.3, 0.4) is 0 Å². The number of phenolic OH excluding ortho intramolecular Hbond substituents is 1. The van der Waals surface area contributed by atoms with E-state index in [1.54, 1.807) is 27.7 Å². The molecule has 1 aromatic heterocycles. The number of amides is 10. The summed E-state index contributed by atoms with van der Waals surface area (Å²) in [5.41, 5.74) is 11.9. The fraction of sp³-hybridized carbons (Fsp3) is 0.583. The minimum Gasteiger partial charge on any atom is -0.508 e. The minimum absolute atomic E-state index is 0.0822. The largest absolute Gasteiger partial charge is 0.508 e. The van der Waals surface area contributed by atoms with Crippen molar-refractivity contribution >= 4 is 90.3 Å². The van der Waals surface area contributed by atoms with Crippen molar-refractivity contribution in [3.8, 4) is 5.75 Å². The van der Waals surface area contributed by atoms with E-state index < -0.39 is 157 Å². The molecule has 426 valence electrons. The van der Waals surface area contributed by atoms with Crippen LogP contribution in [0.25, 0.3) is 0 Å². The molecule has 0 spiro atoms. The van der Waals surface area contributed by atoms with Crippen LogP contribution in [0.1, 0.15) is 77.5 Å². The van der Waals surface area contributed by atoms with Crippen LogP contribution in [-0.4, -0.2) is 181 Å². The van der Waals surface area contributed by atoms with E-state index in [4.69, 9.17) is 11.5 Å². The average Bonchev–Trinajstić information content (AvgIpc) is 4.13. The first-order chi connectivity index (χ1) is 36.5. The Morgan fingerprint density at radius 2 is 1.31 bits per heavy atom. The number of aliphatic hydroxyl groups is 1. The number of H-pyrrole nitrogens is 1. The Morgan fingerprint density at radius 3 is 1.86 bits per heavy atom. The zero-order chi connectivity index (χ0) is 57.5. The fourth-order valence-corrected chi connectivity index (χ4v) is 8.46. The number of carboxylic acids is 1. The van der Waals surface area contributed by atoms with Gasteiger partial charge < -0.3 is 79.2 Å². The number of carbonyl (C=O) groups excluding carboxylic acids is 10. The third-order valence-corrected chi connectivity index (χ3v) is 13.7. The SMILES string of the molecule is CC[C@H](C)[C@H](NC(=O)CNC(=O)[C@H](Cc1cnc[nH]1)NC(=O)[C@H](CS)NC(=O)[C@@H](NC(=O)[C@@H](N)CO)[C@@H](C)CC)C(=O)N[C@@H](CCC(=O)O)C(=O)N[C@@H](Cc1ccc(O)cc1)C(=O)N1CCC[C@H]1C(=O)N[C@@H](CS)C(N)=O. The number of benzene rings is 1. The summed E-state index contributed by atoms with van der Waals surface area (Å²) in [7, 11) is 0. The smallest absolute Gasteiger partial charge is 0.303 e. The molecule has 1 aliphatic rings. The molecule has 1 fully saturated rings. The molecule has 0 aliphatic carbocycles. The molecule has 2 heterocycles. The number of aliphatic carboxylic acids is 1. The first-order valence-electron chi connectivity index (χ1n) is 25.0. The highest BCUT2D eigenvalue weighted by Gasteiger charge is 2.40. The topological polar surface area (TPSA) is 429 Å². The summed E-state index contributed by atoms with van der Waals surface area (Å²) in [4.78, 5) is 155. The van der Waals surface area contributed by atoms with E-state index in [9.17, 15) is 68.1 Å². The van der Waals surface area contributed by atoms with Crippen molar-refractivity contribution < 1.29 is 68.1 Å². The monoisotopic (exact) mass is 1120 g/mol. The zero-order valence-corrected chi connectivity index (χ0v) is 45.1. The summed E-state index contributed by atoms with van der Waals surface area (Å²) in [5, 5.41) is 49.0. The second kappa shape index (κ2) is 31.9. The number of carbonyl (C=O) groups is 11. The number of aromatic hydroxyl groups is 1. The summed E-state index contributed by atoms with van der Waals surface area (Å²) >= 11 is 8.28. The Morgan fingerprint density at radius 1 is 0.740 bits per heavy atom. The van der Waals surface area contributed by atoms with Gasteiger partial charge in [0.2, 0.25) is 59.1 Å². The number of aromatic nitrogens is 2. The standard InChI is InChI=1S/C48H73N13O14S2/c1-5-24(3)38(59-36(64)19-52-42(69)31(17-27-18-51-23-53-27)55-44(71)34(22-77)58-47(74)39(25(4)6-2)60-41(68)29(49)20-62)46(73)54-30(13-14-37(65)66)43(70)56-32(16-26-9-11-28(63)12-10-26)48(75)61-15-7-8-35(61)45(72)57-33(21-76)40(50)67/h9-12,18,23-25,29-35,38-39,62-63,76-77H,5-8,13-17,19-22,49H2,1-4H3,(H2,50,67)(H,51,53)(H,52,69)(H,54,73)(H,55,71)(H,56,70)(H,57,72)(H,58,74)(H,59,64)(H,60,68)(H,65,66)/t24-,25-,29-,30-,31-,32-,33-,34-,35-,38-,39-/m0/s1. The number of aromatic amines is 1. The third kappa shape index (κ3) is 20.2. The molecule has 2 aromatic rings. The first-order valence-corrected chi connectivity index (χ1v) is 26.3. The van der Waals surface area contributed by atoms with Crippen molar-refractivity contribution in [3.63, 3.8) is 0 Å². The Balaban J connectivity index is 1.82. The minimum atomic E-state index is -1.61. The van der Waals surface area contributed by atoms with Gasteiger partial charge in [0.05, 0.1) is 19.5 Å². The highest BCUT2D eigenvalue weighted by Crippen LogP contribution is 2.21. The average molecular weight is 1120 g/mol. The van der Waals surface area contributed by atoms with Crippen LogP contribution < -0.4 is 54.0 Å². The second-order valence-electron chi connectivity index (χ2n) is 18.7. The van der Waals surface area contributed by atoms with E-state index in [1.165, 1.54) is 41.7 Å². The van der Waals surface area contributed by atoms with Gasteiger partial charge in [0, 0.05) is 49.2 Å². The lowest BCUT2D eigenvalue weighted by atomic mass is 9.97. The van der Waals surface area contributed by atoms with Gasteiger partial charge in [-0.1, -0.05) is 52.7 Å². The van der Waals surface area contributed by atoms with Crippen molar-refractivity contribution in [2.75, 3.05) is 31.2 Å². The Bertz CT molecular complexity index is 2370. The van der Waals surface area contributed by atoms with Crippen LogP contribution in [0.5, 0.6) is 5.75 Å². The number of thiol groups is 2. The second-order valence-corrected chi connectivity index (χ2v) is 19.4. The zero-order valence-electron chi connectivity index (χ0n) is 43.3. The van der Waals surface area contributed by atoms with Crippen molar-refractivity contribution in [2.24, 2.45) is 23.3 Å². The lowest BCUT2D eigenvalue weighted by molar-refractivity contribution is -0.142. The van der Waals surface area contributed by atoms with Gasteiger partial charge in [0.15, 0.2) is 0 Å². The number of phenols is 1. The molecule has 1 aromatic carbocycles. The van der Waals surface area contributed by atoms with E-state index in [0.717, 1.165) is 0 Å². The number of aliphatic hydroxyl groups excluding tert-OH is 1. The molecule has 0 saturated carbocycles. The van der Waals surface area contributed by atoms with Crippen molar-refractivity contribution in [2.45, 2.75) is 133 Å². The Labute approximate surface area is 455 Å². The van der Waals surface area contributed by atoms with Gasteiger partial charge in [-0.3, -0.25) is 52.7 Å². The van der Waals surface area contributed by atoms with Gasteiger partial charge in [0.25, 0.3) is 0 Å². The van der Waals surface area contributed by atoms with E-state index in [-0.39, 0.29) is 43.1 Å². The van der Waals surface area contributed by atoms with Crippen LogP contribution in [0.4, 0.5) is 0 Å². The third-order valence-electron chi connectivity index (χ3n) is 12.9. The molecule has 10 amide bonds. The number of carboxylic acid groups (broad SMARTS) is 1. The molecule has 0 radical (unpaired) electrons. The van der Waals surface area contributed by atoms with Crippen LogP contribution in [0.2, 0.25) is 0 Å². The molecule has 0 unspecified atom stereocenters. The maximum Gasteiger partial charge on any atom is 0.303 e. The van der Waals surface area contributed by atoms with Gasteiger partial charge in [-0.25, -0.2) is 4.98 Å². The molecule has 3 rings (SSSR count). The van der Waals surface area contributed by atoms with E-state index in [0.29, 0.717) is 30.5 Å². The number of nitrogens with one attached hydrogen (secondary N) is 9. The van der Waals surface area contributed by atoms with Gasteiger partial charge in [-0.2, -0.15) is 25.3 Å². The van der Waals surface area contributed by atoms with Gasteiger partial charge >= 0.3 is 5.97 Å². The number of imidazole rings is 1. The van der Waals surface area contributed by atoms with Crippen molar-refractivity contribution in [1.82, 2.24) is 57.4 Å². The predicted molar refractivity (Wildman–Crippen MR) is 283 cm³/mol. The lowest BCUT2D eigenvalue weighted by Crippen LogP contribution is -2.60. The quantitative estimate of drug-likeness (QED) is 0.0311. The number of nitrogens with zero attached hydrogens (tertiary/aromatic N) is 2. The Hall–Kier alpha value is -6.98. The van der Waals surface area contributed by atoms with E-state index in [2.05, 4.69) is 77.8 Å². The molecule has 0 bridgehead atoms. The molecule has 77 heavy (non-hydrogen) atoms. The number of hydrogen-bond donors (Lipinski definition) is 16. The van der Waals surface area contributed by atoms with E-state index in [1.807, 2.05) is 0 Å². The maximum absolute atomic E-state index is 14.3. The van der Waals surface area contributed by atoms with Crippen molar-refractivity contribution in [3.05, 3.63) is 48.0 Å². The number of rotatable bonds is 32. The molecule has 27 nitrogen and oxygen atoms in total. The maximum atomic E-state index is 14.3. The molecule has 1 saturated heterocycles. The van der Waals surface area contributed by atoms with Crippen LogP contribution in [0.15, 0.2) is 36.8 Å². The summed E-state index contributed by atoms with van der Waals surface area (Å²) in [5.74, 6) is -11.2. The lowest BCUT2D eigenvalue weighted by Gasteiger charge is -2.31. The van der Waals surface area contributed by atoms with Crippen LogP contribution >= 0.6 is 25.3 Å². The van der Waals surface area contributed by atoms with Crippen LogP contribution in [0, 0.1) is 11.8 Å². The first kappa shape index (κ1) is 64.3. The fourth-order valence-electron chi connectivity index (χ4n) is 7.93. The summed E-state index contributed by atoms with van der Waals surface area (Å²) < 4.78 is 0. The molecule has 1 aliphatic heterocycles. The summed E-state index contributed by atoms with van der Waals surface area (Å²) in [6, 6.07) is -6.13. The summed E-state index contributed by atoms with van der Waals surface area (Å²) in [6.45, 7) is 5.43. The van der Waals surface area contributed by atoms with Gasteiger partial charge in [-0.05, 0) is 48.8 Å². The number of likely N-dealkylation sites (tertiary alicyclic amines) is 1. The number of hydrogen-bond acceptors (Lipinski definition) is 17. The van der Waals surface area contributed by atoms with Crippen LogP contribution in [-0.2, 0) is 65.6 Å². The van der Waals surface area contributed by atoms with Crippen molar-refractivity contribution in [1.29, 1.82) is 0 Å². The molecular weight excluding hydrogens is 1050 g/mol. The highest BCUT2D eigenvalue weighted by molar-refractivity contribution is 7.80. The summed E-state index contributed by atoms with van der Waals surface area (Å²) in [6.07, 6.45) is 2.54. The number of nitrogens with two attached hydrogens (primary N) is 2. The normalized spacial score (nSPS) is 17.0. The van der Waals surface area contributed by atoms with Gasteiger partial charge in [0.1, 0.15) is 60.1 Å². The van der Waals surface area contributed by atoms with E-state index >= 15 is 0 Å². The molecule has 11 atom stereocenters. The predicted octanol–water partition coefficient (Wildman–Crippen LogP) is -3.98.